The number of para-hydroxylation sites is 1. The van der Waals surface area contributed by atoms with Crippen LogP contribution in [0.25, 0.3) is 21.8 Å². The van der Waals surface area contributed by atoms with E-state index in [-0.39, 0.29) is 5.91 Å². The van der Waals surface area contributed by atoms with Crippen molar-refractivity contribution in [2.45, 2.75) is 39.2 Å². The predicted molar refractivity (Wildman–Crippen MR) is 103 cm³/mol. The van der Waals surface area contributed by atoms with Crippen LogP contribution < -0.4 is 11.1 Å². The SMILES string of the molecule is CCn1c2ccccc2c2cc(C(=O)NCCCCCCN)ncc21. The van der Waals surface area contributed by atoms with E-state index in [4.69, 9.17) is 5.73 Å². The zero-order valence-corrected chi connectivity index (χ0v) is 14.8. The molecule has 2 heterocycles. The predicted octanol–water partition coefficient (Wildman–Crippen LogP) is 3.46. The van der Waals surface area contributed by atoms with Crippen LogP contribution in [0.3, 0.4) is 0 Å². The molecule has 3 rings (SSSR count). The van der Waals surface area contributed by atoms with E-state index in [1.807, 2.05) is 24.4 Å². The summed E-state index contributed by atoms with van der Waals surface area (Å²) in [5.74, 6) is -0.103. The molecule has 3 aromatic rings. The minimum atomic E-state index is -0.103. The Balaban J connectivity index is 1.77. The van der Waals surface area contributed by atoms with Crippen molar-refractivity contribution >= 4 is 27.7 Å². The van der Waals surface area contributed by atoms with Gasteiger partial charge in [0.1, 0.15) is 5.69 Å². The third-order valence-electron chi connectivity index (χ3n) is 4.62. The summed E-state index contributed by atoms with van der Waals surface area (Å²) >= 11 is 0. The molecule has 0 aliphatic carbocycles. The van der Waals surface area contributed by atoms with Gasteiger partial charge in [0.2, 0.25) is 0 Å². The number of aryl methyl sites for hydroxylation is 1. The van der Waals surface area contributed by atoms with Crippen molar-refractivity contribution in [2.75, 3.05) is 13.1 Å². The number of fused-ring (bicyclic) bond motifs is 3. The number of aromatic nitrogens is 2. The average molecular weight is 338 g/mol. The first-order valence-corrected chi connectivity index (χ1v) is 9.11. The average Bonchev–Trinajstić information content (AvgIpc) is 2.97. The number of nitrogens with one attached hydrogen (secondary N) is 1. The second kappa shape index (κ2) is 8.12. The van der Waals surface area contributed by atoms with Crippen LogP contribution in [0.2, 0.25) is 0 Å². The van der Waals surface area contributed by atoms with E-state index < -0.39 is 0 Å². The third-order valence-corrected chi connectivity index (χ3v) is 4.62. The van der Waals surface area contributed by atoms with Gasteiger partial charge in [-0.3, -0.25) is 4.79 Å². The van der Waals surface area contributed by atoms with Crippen LogP contribution in [0, 0.1) is 0 Å². The first-order chi connectivity index (χ1) is 12.3. The van der Waals surface area contributed by atoms with E-state index in [9.17, 15) is 4.79 Å². The molecule has 0 atom stereocenters. The number of rotatable bonds is 8. The largest absolute Gasteiger partial charge is 0.351 e. The maximum absolute atomic E-state index is 12.4. The number of unbranched alkanes of at least 4 members (excludes halogenated alkanes) is 3. The Morgan fingerprint density at radius 3 is 2.72 bits per heavy atom. The highest BCUT2D eigenvalue weighted by Crippen LogP contribution is 2.28. The molecule has 0 aliphatic heterocycles. The fourth-order valence-electron chi connectivity index (χ4n) is 3.33. The monoisotopic (exact) mass is 338 g/mol. The number of nitrogens with two attached hydrogens (primary N) is 1. The Labute approximate surface area is 148 Å². The number of amides is 1. The quantitative estimate of drug-likeness (QED) is 0.618. The number of hydrogen-bond donors (Lipinski definition) is 2. The third kappa shape index (κ3) is 3.66. The van der Waals surface area contributed by atoms with Gasteiger partial charge in [0, 0.05) is 29.4 Å². The Kier molecular flexibility index (Phi) is 5.66. The number of hydrogen-bond acceptors (Lipinski definition) is 3. The van der Waals surface area contributed by atoms with Gasteiger partial charge in [0.15, 0.2) is 0 Å². The van der Waals surface area contributed by atoms with E-state index in [0.717, 1.165) is 55.1 Å². The summed E-state index contributed by atoms with van der Waals surface area (Å²) < 4.78 is 2.23. The Morgan fingerprint density at radius 1 is 1.12 bits per heavy atom. The molecule has 132 valence electrons. The summed E-state index contributed by atoms with van der Waals surface area (Å²) in [5.41, 5.74) is 8.22. The van der Waals surface area contributed by atoms with Gasteiger partial charge < -0.3 is 15.6 Å². The van der Waals surface area contributed by atoms with Crippen LogP contribution in [0.15, 0.2) is 36.5 Å². The molecule has 0 fully saturated rings. The van der Waals surface area contributed by atoms with Gasteiger partial charge in [0.05, 0.1) is 11.7 Å². The van der Waals surface area contributed by atoms with E-state index in [1.165, 1.54) is 5.52 Å². The Morgan fingerprint density at radius 2 is 1.92 bits per heavy atom. The molecular formula is C20H26N4O. The maximum Gasteiger partial charge on any atom is 0.269 e. The van der Waals surface area contributed by atoms with Crippen molar-refractivity contribution in [3.63, 3.8) is 0 Å². The smallest absolute Gasteiger partial charge is 0.269 e. The van der Waals surface area contributed by atoms with Gasteiger partial charge in [-0.05, 0) is 38.4 Å². The molecule has 25 heavy (non-hydrogen) atoms. The molecule has 0 bridgehead atoms. The molecule has 0 radical (unpaired) electrons. The lowest BCUT2D eigenvalue weighted by atomic mass is 10.1. The lowest BCUT2D eigenvalue weighted by molar-refractivity contribution is 0.0948. The topological polar surface area (TPSA) is 72.9 Å². The van der Waals surface area contributed by atoms with Crippen molar-refractivity contribution in [1.82, 2.24) is 14.9 Å². The van der Waals surface area contributed by atoms with Gasteiger partial charge in [-0.2, -0.15) is 0 Å². The molecule has 1 amide bonds. The highest BCUT2D eigenvalue weighted by atomic mass is 16.1. The van der Waals surface area contributed by atoms with Crippen LogP contribution in [-0.4, -0.2) is 28.5 Å². The van der Waals surface area contributed by atoms with Crippen LogP contribution >= 0.6 is 0 Å². The van der Waals surface area contributed by atoms with Gasteiger partial charge in [-0.15, -0.1) is 0 Å². The minimum absolute atomic E-state index is 0.103. The molecule has 5 heteroatoms. The molecule has 0 spiro atoms. The zero-order valence-electron chi connectivity index (χ0n) is 14.8. The second-order valence-electron chi connectivity index (χ2n) is 6.31. The summed E-state index contributed by atoms with van der Waals surface area (Å²) in [7, 11) is 0. The van der Waals surface area contributed by atoms with Crippen molar-refractivity contribution in [3.05, 3.63) is 42.2 Å². The molecule has 0 saturated heterocycles. The van der Waals surface area contributed by atoms with Crippen LogP contribution in [0.1, 0.15) is 43.1 Å². The van der Waals surface area contributed by atoms with E-state index in [1.54, 1.807) is 0 Å². The number of carbonyl (C=O) groups excluding carboxylic acids is 1. The number of nitrogens with zero attached hydrogens (tertiary/aromatic N) is 2. The van der Waals surface area contributed by atoms with Crippen LogP contribution in [0.4, 0.5) is 0 Å². The first kappa shape index (κ1) is 17.4. The maximum atomic E-state index is 12.4. The second-order valence-corrected chi connectivity index (χ2v) is 6.31. The van der Waals surface area contributed by atoms with Crippen molar-refractivity contribution < 1.29 is 4.79 Å². The Hall–Kier alpha value is -2.40. The molecule has 5 nitrogen and oxygen atoms in total. The first-order valence-electron chi connectivity index (χ1n) is 9.11. The van der Waals surface area contributed by atoms with Crippen molar-refractivity contribution in [1.29, 1.82) is 0 Å². The molecule has 3 N–H and O–H groups in total. The van der Waals surface area contributed by atoms with Gasteiger partial charge in [0.25, 0.3) is 5.91 Å². The minimum Gasteiger partial charge on any atom is -0.351 e. The van der Waals surface area contributed by atoms with Crippen molar-refractivity contribution in [2.24, 2.45) is 5.73 Å². The summed E-state index contributed by atoms with van der Waals surface area (Å²) in [5, 5.41) is 5.22. The molecule has 0 unspecified atom stereocenters. The standard InChI is InChI=1S/C20H26N4O/c1-2-24-18-10-6-5-9-15(18)16-13-17(23-14-19(16)24)20(25)22-12-8-4-3-7-11-21/h5-6,9-10,13-14H,2-4,7-8,11-12,21H2,1H3,(H,22,25). The molecular weight excluding hydrogens is 312 g/mol. The summed E-state index contributed by atoms with van der Waals surface area (Å²) in [6.45, 7) is 4.42. The van der Waals surface area contributed by atoms with E-state index in [0.29, 0.717) is 12.2 Å². The zero-order chi connectivity index (χ0) is 17.6. The Bertz CT molecular complexity index is 869. The molecule has 0 saturated carbocycles. The molecule has 0 aliphatic rings. The van der Waals surface area contributed by atoms with Gasteiger partial charge in [-0.1, -0.05) is 31.0 Å². The normalized spacial score (nSPS) is 11.3. The number of carbonyl (C=O) groups is 1. The summed E-state index contributed by atoms with van der Waals surface area (Å²) in [4.78, 5) is 16.8. The van der Waals surface area contributed by atoms with Crippen LogP contribution in [0.5, 0.6) is 0 Å². The highest BCUT2D eigenvalue weighted by Gasteiger charge is 2.13. The van der Waals surface area contributed by atoms with Gasteiger partial charge >= 0.3 is 0 Å². The number of benzene rings is 1. The fourth-order valence-corrected chi connectivity index (χ4v) is 3.33. The van der Waals surface area contributed by atoms with E-state index in [2.05, 4.69) is 33.9 Å². The van der Waals surface area contributed by atoms with Crippen molar-refractivity contribution in [3.8, 4) is 0 Å². The summed E-state index contributed by atoms with van der Waals surface area (Å²) in [6, 6.07) is 10.2. The van der Waals surface area contributed by atoms with Gasteiger partial charge in [-0.25, -0.2) is 4.98 Å². The molecule has 2 aromatic heterocycles. The lowest BCUT2D eigenvalue weighted by Gasteiger charge is -2.06. The summed E-state index contributed by atoms with van der Waals surface area (Å²) in [6.07, 6.45) is 6.05. The fraction of sp³-hybridized carbons (Fsp3) is 0.400. The highest BCUT2D eigenvalue weighted by molar-refractivity contribution is 6.09. The van der Waals surface area contributed by atoms with E-state index >= 15 is 0 Å². The lowest BCUT2D eigenvalue weighted by Crippen LogP contribution is -2.25. The number of pyridine rings is 1. The van der Waals surface area contributed by atoms with Crippen LogP contribution in [-0.2, 0) is 6.54 Å². The molecule has 1 aromatic carbocycles.